The molecule has 3 heteroatoms. The number of carbonyl (C=O) groups excluding carboxylic acids is 1. The highest BCUT2D eigenvalue weighted by atomic mass is 127. The number of esters is 1. The van der Waals surface area contributed by atoms with Crippen LogP contribution in [-0.4, -0.2) is 9.89 Å². The molecule has 1 fully saturated rings. The van der Waals surface area contributed by atoms with E-state index < -0.39 is 0 Å². The van der Waals surface area contributed by atoms with Crippen LogP contribution in [0.5, 0.6) is 0 Å². The van der Waals surface area contributed by atoms with Gasteiger partial charge in [0.1, 0.15) is 6.10 Å². The van der Waals surface area contributed by atoms with Gasteiger partial charge in [-0.2, -0.15) is 0 Å². The van der Waals surface area contributed by atoms with Gasteiger partial charge in [-0.3, -0.25) is 4.79 Å². The SMILES string of the molecule is O=C1CCC(I)C(c2ccccc2)O1. The Morgan fingerprint density at radius 3 is 2.71 bits per heavy atom. The average molecular weight is 302 g/mol. The Balaban J connectivity index is 2.20. The van der Waals surface area contributed by atoms with Crippen LogP contribution in [-0.2, 0) is 9.53 Å². The second-order valence-electron chi connectivity index (χ2n) is 3.38. The summed E-state index contributed by atoms with van der Waals surface area (Å²) >= 11 is 2.36. The van der Waals surface area contributed by atoms with Crippen molar-refractivity contribution in [1.29, 1.82) is 0 Å². The van der Waals surface area contributed by atoms with Crippen molar-refractivity contribution in [1.82, 2.24) is 0 Å². The summed E-state index contributed by atoms with van der Waals surface area (Å²) in [5.74, 6) is -0.0771. The number of halogens is 1. The van der Waals surface area contributed by atoms with Gasteiger partial charge < -0.3 is 4.74 Å². The molecule has 0 aromatic heterocycles. The molecule has 0 radical (unpaired) electrons. The zero-order valence-corrected chi connectivity index (χ0v) is 9.81. The number of hydrogen-bond acceptors (Lipinski definition) is 2. The van der Waals surface area contributed by atoms with E-state index in [-0.39, 0.29) is 12.1 Å². The van der Waals surface area contributed by atoms with E-state index in [1.807, 2.05) is 30.3 Å². The number of benzene rings is 1. The smallest absolute Gasteiger partial charge is 0.306 e. The Morgan fingerprint density at radius 1 is 1.29 bits per heavy atom. The molecule has 2 unspecified atom stereocenters. The molecular formula is C11H11IO2. The van der Waals surface area contributed by atoms with Gasteiger partial charge >= 0.3 is 5.97 Å². The van der Waals surface area contributed by atoms with Crippen LogP contribution in [0.4, 0.5) is 0 Å². The fraction of sp³-hybridized carbons (Fsp3) is 0.364. The summed E-state index contributed by atoms with van der Waals surface area (Å²) in [5, 5.41) is 0. The van der Waals surface area contributed by atoms with E-state index in [2.05, 4.69) is 22.6 Å². The van der Waals surface area contributed by atoms with Gasteiger partial charge in [-0.05, 0) is 12.0 Å². The summed E-state index contributed by atoms with van der Waals surface area (Å²) in [6.07, 6.45) is 1.41. The molecule has 0 N–H and O–H groups in total. The van der Waals surface area contributed by atoms with E-state index in [1.54, 1.807) is 0 Å². The first-order chi connectivity index (χ1) is 6.77. The molecule has 0 spiro atoms. The third-order valence-corrected chi connectivity index (χ3v) is 3.62. The van der Waals surface area contributed by atoms with Gasteiger partial charge in [0, 0.05) is 6.42 Å². The van der Waals surface area contributed by atoms with Crippen LogP contribution >= 0.6 is 22.6 Å². The van der Waals surface area contributed by atoms with Crippen molar-refractivity contribution in [2.24, 2.45) is 0 Å². The summed E-state index contributed by atoms with van der Waals surface area (Å²) in [7, 11) is 0. The fourth-order valence-electron chi connectivity index (χ4n) is 1.60. The van der Waals surface area contributed by atoms with Crippen LogP contribution in [0, 0.1) is 0 Å². The van der Waals surface area contributed by atoms with E-state index in [1.165, 1.54) is 0 Å². The number of cyclic esters (lactones) is 1. The molecule has 1 saturated heterocycles. The molecule has 74 valence electrons. The van der Waals surface area contributed by atoms with E-state index >= 15 is 0 Å². The second-order valence-corrected chi connectivity index (χ2v) is 4.98. The lowest BCUT2D eigenvalue weighted by atomic mass is 10.0. The summed E-state index contributed by atoms with van der Waals surface area (Å²) in [4.78, 5) is 11.2. The number of ether oxygens (including phenoxy) is 1. The lowest BCUT2D eigenvalue weighted by Gasteiger charge is -2.27. The number of hydrogen-bond donors (Lipinski definition) is 0. The normalized spacial score (nSPS) is 27.1. The molecule has 2 rings (SSSR count). The highest BCUT2D eigenvalue weighted by Crippen LogP contribution is 2.33. The molecule has 1 aromatic carbocycles. The lowest BCUT2D eigenvalue weighted by molar-refractivity contribution is -0.153. The Hall–Kier alpha value is -0.580. The van der Waals surface area contributed by atoms with Crippen molar-refractivity contribution in [2.45, 2.75) is 22.9 Å². The lowest BCUT2D eigenvalue weighted by Crippen LogP contribution is -2.25. The van der Waals surface area contributed by atoms with Crippen molar-refractivity contribution >= 4 is 28.6 Å². The highest BCUT2D eigenvalue weighted by Gasteiger charge is 2.29. The first-order valence-electron chi connectivity index (χ1n) is 4.66. The Kier molecular flexibility index (Phi) is 3.05. The first-order valence-corrected chi connectivity index (χ1v) is 5.90. The summed E-state index contributed by atoms with van der Waals surface area (Å²) in [6, 6.07) is 9.93. The predicted octanol–water partition coefficient (Wildman–Crippen LogP) is 2.87. The highest BCUT2D eigenvalue weighted by molar-refractivity contribution is 14.1. The van der Waals surface area contributed by atoms with E-state index in [0.29, 0.717) is 10.3 Å². The maximum absolute atomic E-state index is 11.2. The second kappa shape index (κ2) is 4.29. The molecule has 1 heterocycles. The molecule has 0 saturated carbocycles. The molecule has 0 aliphatic carbocycles. The molecule has 2 atom stereocenters. The van der Waals surface area contributed by atoms with E-state index in [0.717, 1.165) is 12.0 Å². The molecule has 2 nitrogen and oxygen atoms in total. The largest absolute Gasteiger partial charge is 0.456 e. The maximum Gasteiger partial charge on any atom is 0.306 e. The minimum atomic E-state index is -0.0771. The summed E-state index contributed by atoms with van der Waals surface area (Å²) < 4.78 is 5.73. The zero-order valence-electron chi connectivity index (χ0n) is 7.65. The standard InChI is InChI=1S/C11H11IO2/c12-9-6-7-10(13)14-11(9)8-4-2-1-3-5-8/h1-5,9,11H,6-7H2. The topological polar surface area (TPSA) is 26.3 Å². The number of carbonyl (C=O) groups is 1. The summed E-state index contributed by atoms with van der Waals surface area (Å²) in [6.45, 7) is 0. The molecule has 14 heavy (non-hydrogen) atoms. The Morgan fingerprint density at radius 2 is 2.00 bits per heavy atom. The van der Waals surface area contributed by atoms with Gasteiger partial charge in [-0.25, -0.2) is 0 Å². The zero-order chi connectivity index (χ0) is 9.97. The predicted molar refractivity (Wildman–Crippen MR) is 62.3 cm³/mol. The van der Waals surface area contributed by atoms with Crippen LogP contribution in [0.2, 0.25) is 0 Å². The van der Waals surface area contributed by atoms with Crippen LogP contribution in [0.15, 0.2) is 30.3 Å². The quantitative estimate of drug-likeness (QED) is 0.453. The van der Waals surface area contributed by atoms with Crippen molar-refractivity contribution in [3.63, 3.8) is 0 Å². The van der Waals surface area contributed by atoms with Gasteiger partial charge in [-0.1, -0.05) is 52.9 Å². The summed E-state index contributed by atoms with van der Waals surface area (Å²) in [5.41, 5.74) is 1.10. The third kappa shape index (κ3) is 2.08. The molecule has 0 amide bonds. The molecule has 0 bridgehead atoms. The maximum atomic E-state index is 11.2. The van der Waals surface area contributed by atoms with Crippen LogP contribution in [0.3, 0.4) is 0 Å². The Labute approximate surface area is 96.8 Å². The number of rotatable bonds is 1. The van der Waals surface area contributed by atoms with Crippen molar-refractivity contribution < 1.29 is 9.53 Å². The van der Waals surface area contributed by atoms with E-state index in [4.69, 9.17) is 4.74 Å². The van der Waals surface area contributed by atoms with Gasteiger partial charge in [0.15, 0.2) is 0 Å². The van der Waals surface area contributed by atoms with Gasteiger partial charge in [0.25, 0.3) is 0 Å². The minimum absolute atomic E-state index is 0.0574. The third-order valence-electron chi connectivity index (χ3n) is 2.34. The molecule has 1 aliphatic rings. The number of alkyl halides is 1. The van der Waals surface area contributed by atoms with Crippen LogP contribution in [0.1, 0.15) is 24.5 Å². The van der Waals surface area contributed by atoms with Gasteiger partial charge in [0.2, 0.25) is 0 Å². The monoisotopic (exact) mass is 302 g/mol. The van der Waals surface area contributed by atoms with Crippen molar-refractivity contribution in [3.05, 3.63) is 35.9 Å². The molecular weight excluding hydrogens is 291 g/mol. The molecule has 1 aliphatic heterocycles. The van der Waals surface area contributed by atoms with E-state index in [9.17, 15) is 4.79 Å². The fourth-order valence-corrected chi connectivity index (χ4v) is 2.47. The van der Waals surface area contributed by atoms with Crippen molar-refractivity contribution in [3.8, 4) is 0 Å². The van der Waals surface area contributed by atoms with Crippen molar-refractivity contribution in [2.75, 3.05) is 0 Å². The Bertz CT molecular complexity index is 323. The van der Waals surface area contributed by atoms with Crippen LogP contribution in [0.25, 0.3) is 0 Å². The average Bonchev–Trinajstić information content (AvgIpc) is 2.23. The molecule has 1 aromatic rings. The van der Waals surface area contributed by atoms with Gasteiger partial charge in [-0.15, -0.1) is 0 Å². The first kappa shape index (κ1) is 9.96. The van der Waals surface area contributed by atoms with Crippen LogP contribution < -0.4 is 0 Å². The minimum Gasteiger partial charge on any atom is -0.456 e. The van der Waals surface area contributed by atoms with Gasteiger partial charge in [0.05, 0.1) is 3.92 Å².